The second-order valence-electron chi connectivity index (χ2n) is 20.6. The van der Waals surface area contributed by atoms with Crippen LogP contribution in [0.1, 0.15) is 107 Å². The Balaban J connectivity index is 0.000000227. The zero-order valence-electron chi connectivity index (χ0n) is 43.4. The monoisotopic (exact) mass is 1110 g/mol. The van der Waals surface area contributed by atoms with Crippen molar-refractivity contribution >= 4 is 88.8 Å². The molecule has 5 aromatic rings. The number of carboxylic acids is 2. The number of nitrogens with two attached hydrogens (primary N) is 1. The molecule has 6 amide bonds. The summed E-state index contributed by atoms with van der Waals surface area (Å²) in [5.74, 6) is -5.28. The zero-order valence-corrected chi connectivity index (χ0v) is 45.1. The topological polar surface area (TPSA) is 326 Å². The number of aliphatic carboxylic acids is 2. The lowest BCUT2D eigenvalue weighted by molar-refractivity contribution is -0.141. The van der Waals surface area contributed by atoms with Crippen molar-refractivity contribution in [2.75, 3.05) is 24.6 Å². The van der Waals surface area contributed by atoms with E-state index in [0.717, 1.165) is 31.3 Å². The maximum atomic E-state index is 13.1. The standard InChI is InChI=1S/C29H32N4O7S.C26H31N3O7S/c1-17(2)13-25(26(34)31-16-18-7-9-21(10-8-18)41(30,39)40)32-24(29(37)38)11-12-33-27(35)22-14-19-5-3-4-6-20(19)15-23(22)28(33)36;1-15(2)11-22(23(30)27-18-8-10-37(35,36)14-18)28-21(26(33)34)7-9-29-24(31)19-12-16-5-3-4-6-17(16)13-20(19)25(29)32/h3-10,14-15,17,24-25,32H,11-13,16H2,1-2H3,(H,31,34)(H,37,38)(H2,30,39,40);3-6,12-13,15,18,21-22,28H,7-11,14H2,1-2H3,(H,27,30)(H,33,34)/t24?,25-;18?,21-,22+/m01/s1. The van der Waals surface area contributed by atoms with Gasteiger partial charge in [0.05, 0.1) is 50.7 Å². The summed E-state index contributed by atoms with van der Waals surface area (Å²) >= 11 is 0. The molecule has 23 heteroatoms. The quantitative estimate of drug-likeness (QED) is 0.0484. The Morgan fingerprint density at radius 3 is 1.33 bits per heavy atom. The first-order chi connectivity index (χ1) is 36.8. The Hall–Kier alpha value is -7.44. The van der Waals surface area contributed by atoms with E-state index in [9.17, 15) is 65.4 Å². The lowest BCUT2D eigenvalue weighted by Crippen LogP contribution is -2.54. The van der Waals surface area contributed by atoms with Crippen LogP contribution in [0.25, 0.3) is 21.5 Å². The molecule has 414 valence electrons. The molecule has 3 heterocycles. The predicted octanol–water partition coefficient (Wildman–Crippen LogP) is 3.83. The van der Waals surface area contributed by atoms with Gasteiger partial charge in [0.1, 0.15) is 12.1 Å². The third kappa shape index (κ3) is 14.2. The van der Waals surface area contributed by atoms with Crippen LogP contribution < -0.4 is 26.4 Å². The lowest BCUT2D eigenvalue weighted by atomic mass is 10.0. The third-order valence-electron chi connectivity index (χ3n) is 13.7. The minimum atomic E-state index is -3.84. The fraction of sp³-hybridized carbons (Fsp3) is 0.382. The van der Waals surface area contributed by atoms with Crippen LogP contribution in [0.15, 0.2) is 102 Å². The summed E-state index contributed by atoms with van der Waals surface area (Å²) in [6.07, 6.45) is 0.783. The summed E-state index contributed by atoms with van der Waals surface area (Å²) in [4.78, 5) is 104. The molecular weight excluding hydrogens is 1050 g/mol. The number of hydrogen-bond donors (Lipinski definition) is 7. The van der Waals surface area contributed by atoms with E-state index in [-0.39, 0.29) is 83.0 Å². The summed E-state index contributed by atoms with van der Waals surface area (Å²) in [7, 11) is -7.03. The van der Waals surface area contributed by atoms with Crippen molar-refractivity contribution in [3.63, 3.8) is 0 Å². The molecular formula is C55H63N7O14S2. The summed E-state index contributed by atoms with van der Waals surface area (Å²) in [5, 5.41) is 39.4. The van der Waals surface area contributed by atoms with Gasteiger partial charge in [-0.15, -0.1) is 0 Å². The number of carbonyl (C=O) groups is 8. The highest BCUT2D eigenvalue weighted by Gasteiger charge is 2.39. The average molecular weight is 1110 g/mol. The molecule has 0 radical (unpaired) electrons. The molecule has 2 unspecified atom stereocenters. The third-order valence-corrected chi connectivity index (χ3v) is 16.4. The number of fused-ring (bicyclic) bond motifs is 4. The molecule has 0 aliphatic carbocycles. The molecule has 1 saturated heterocycles. The van der Waals surface area contributed by atoms with Gasteiger partial charge >= 0.3 is 11.9 Å². The van der Waals surface area contributed by atoms with Crippen LogP contribution in [-0.4, -0.2) is 139 Å². The van der Waals surface area contributed by atoms with Gasteiger partial charge in [0.15, 0.2) is 9.84 Å². The summed E-state index contributed by atoms with van der Waals surface area (Å²) in [6, 6.07) is 22.5. The van der Waals surface area contributed by atoms with E-state index in [2.05, 4.69) is 21.3 Å². The average Bonchev–Trinajstić information content (AvgIpc) is 3.94. The highest BCUT2D eigenvalue weighted by atomic mass is 32.2. The molecule has 1 fully saturated rings. The second kappa shape index (κ2) is 24.5. The van der Waals surface area contributed by atoms with Crippen molar-refractivity contribution in [3.8, 4) is 0 Å². The van der Waals surface area contributed by atoms with Crippen molar-refractivity contribution in [2.24, 2.45) is 17.0 Å². The van der Waals surface area contributed by atoms with Crippen molar-refractivity contribution in [1.82, 2.24) is 31.1 Å². The fourth-order valence-corrected chi connectivity index (χ4v) is 11.9. The van der Waals surface area contributed by atoms with Crippen LogP contribution in [0.2, 0.25) is 0 Å². The number of imide groups is 2. The molecule has 3 aliphatic heterocycles. The van der Waals surface area contributed by atoms with Gasteiger partial charge in [-0.2, -0.15) is 0 Å². The van der Waals surface area contributed by atoms with Gasteiger partial charge in [-0.3, -0.25) is 58.8 Å². The molecule has 0 saturated carbocycles. The highest BCUT2D eigenvalue weighted by Crippen LogP contribution is 2.30. The van der Waals surface area contributed by atoms with E-state index in [0.29, 0.717) is 24.8 Å². The molecule has 3 aliphatic rings. The number of sulfonamides is 1. The number of rotatable bonds is 22. The van der Waals surface area contributed by atoms with Crippen molar-refractivity contribution in [2.45, 2.75) is 101 Å². The van der Waals surface area contributed by atoms with E-state index in [4.69, 9.17) is 5.14 Å². The van der Waals surface area contributed by atoms with Crippen LogP contribution >= 0.6 is 0 Å². The molecule has 0 spiro atoms. The maximum absolute atomic E-state index is 13.1. The molecule has 5 aromatic carbocycles. The minimum absolute atomic E-state index is 0.00775. The van der Waals surface area contributed by atoms with Gasteiger partial charge in [-0.25, -0.2) is 22.0 Å². The first-order valence-electron chi connectivity index (χ1n) is 25.5. The van der Waals surface area contributed by atoms with Crippen LogP contribution in [0, 0.1) is 11.8 Å². The van der Waals surface area contributed by atoms with Crippen LogP contribution in [-0.2, 0) is 45.6 Å². The molecule has 78 heavy (non-hydrogen) atoms. The van der Waals surface area contributed by atoms with E-state index in [1.807, 2.05) is 76.2 Å². The number of hydrogen-bond acceptors (Lipinski definition) is 14. The number of amides is 6. The largest absolute Gasteiger partial charge is 0.480 e. The van der Waals surface area contributed by atoms with E-state index in [1.54, 1.807) is 24.3 Å². The SMILES string of the molecule is CC(C)C[C@H](NC(CCN1C(=O)c2cc3ccccc3cc2C1=O)C(=O)O)C(=O)NCc1ccc(S(N)(=O)=O)cc1.CC(C)C[C@H](N[C@H](CCN1C(=O)c2cc3ccccc3cc2C1=O)C(=O)O)C(=O)NC1CCS(=O)(=O)C1. The van der Waals surface area contributed by atoms with Crippen LogP contribution in [0.4, 0.5) is 0 Å². The number of benzene rings is 5. The Kier molecular flexibility index (Phi) is 18.3. The van der Waals surface area contributed by atoms with E-state index >= 15 is 0 Å². The van der Waals surface area contributed by atoms with E-state index < -0.39 is 97.5 Å². The number of nitrogens with one attached hydrogen (secondary N) is 4. The van der Waals surface area contributed by atoms with Crippen molar-refractivity contribution in [1.29, 1.82) is 0 Å². The molecule has 0 bridgehead atoms. The Bertz CT molecular complexity index is 3300. The fourth-order valence-electron chi connectivity index (χ4n) is 9.68. The Morgan fingerprint density at radius 2 is 1.00 bits per heavy atom. The molecule has 21 nitrogen and oxygen atoms in total. The van der Waals surface area contributed by atoms with Gasteiger partial charge in [-0.1, -0.05) is 88.4 Å². The molecule has 8 N–H and O–H groups in total. The predicted molar refractivity (Wildman–Crippen MR) is 288 cm³/mol. The summed E-state index contributed by atoms with van der Waals surface area (Å²) < 4.78 is 46.4. The first kappa shape index (κ1) is 58.2. The smallest absolute Gasteiger partial charge is 0.320 e. The number of carbonyl (C=O) groups excluding carboxylic acids is 6. The van der Waals surface area contributed by atoms with Crippen LogP contribution in [0.5, 0.6) is 0 Å². The highest BCUT2D eigenvalue weighted by molar-refractivity contribution is 7.91. The van der Waals surface area contributed by atoms with Gasteiger partial charge in [0, 0.05) is 25.7 Å². The number of primary sulfonamides is 1. The maximum Gasteiger partial charge on any atom is 0.320 e. The number of nitrogens with zero attached hydrogens (tertiary/aromatic N) is 2. The Labute approximate surface area is 451 Å². The van der Waals surface area contributed by atoms with Crippen LogP contribution in [0.3, 0.4) is 0 Å². The zero-order chi connectivity index (χ0) is 56.8. The minimum Gasteiger partial charge on any atom is -0.480 e. The molecule has 8 rings (SSSR count). The van der Waals surface area contributed by atoms with Crippen molar-refractivity contribution in [3.05, 3.63) is 125 Å². The second-order valence-corrected chi connectivity index (χ2v) is 24.4. The summed E-state index contributed by atoms with van der Waals surface area (Å²) in [5.41, 5.74) is 1.76. The molecule has 0 aromatic heterocycles. The van der Waals surface area contributed by atoms with Gasteiger partial charge in [0.2, 0.25) is 21.8 Å². The Morgan fingerprint density at radius 1 is 0.615 bits per heavy atom. The summed E-state index contributed by atoms with van der Waals surface area (Å²) in [6.45, 7) is 7.38. The lowest BCUT2D eigenvalue weighted by Gasteiger charge is -2.26. The normalized spacial score (nSPS) is 17.4. The number of carboxylic acid groups (broad SMARTS) is 2. The van der Waals surface area contributed by atoms with Gasteiger partial charge < -0.3 is 20.8 Å². The molecule has 5 atom stereocenters. The van der Waals surface area contributed by atoms with E-state index in [1.165, 1.54) is 24.3 Å². The number of sulfone groups is 1. The van der Waals surface area contributed by atoms with Gasteiger partial charge in [-0.05, 0) is 107 Å². The first-order valence-corrected chi connectivity index (χ1v) is 28.8. The van der Waals surface area contributed by atoms with Crippen molar-refractivity contribution < 1.29 is 65.4 Å². The van der Waals surface area contributed by atoms with Gasteiger partial charge in [0.25, 0.3) is 23.6 Å².